The molecule has 0 bridgehead atoms. The standard InChI is InChI=1S/C11H23IN2/c1-13(2)10-6-4-8-11(14(3)12)9-5-7-10/h10-11H,4-9H2,1-3H3. The second kappa shape index (κ2) is 6.28. The molecule has 1 saturated carbocycles. The smallest absolute Gasteiger partial charge is 0.0201 e. The van der Waals surface area contributed by atoms with E-state index in [0.717, 1.165) is 12.1 Å². The average molecular weight is 310 g/mol. The molecule has 0 amide bonds. The molecule has 14 heavy (non-hydrogen) atoms. The Balaban J connectivity index is 2.35. The van der Waals surface area contributed by atoms with Gasteiger partial charge in [-0.3, -0.25) is 0 Å². The minimum atomic E-state index is 0.818. The molecule has 0 atom stereocenters. The van der Waals surface area contributed by atoms with Gasteiger partial charge in [0, 0.05) is 34.9 Å². The van der Waals surface area contributed by atoms with Crippen molar-refractivity contribution in [3.63, 3.8) is 0 Å². The van der Waals surface area contributed by atoms with E-state index in [0.29, 0.717) is 0 Å². The van der Waals surface area contributed by atoms with E-state index >= 15 is 0 Å². The quantitative estimate of drug-likeness (QED) is 0.571. The molecule has 84 valence electrons. The summed E-state index contributed by atoms with van der Waals surface area (Å²) in [6, 6.07) is 1.65. The molecule has 0 unspecified atom stereocenters. The first-order chi connectivity index (χ1) is 6.61. The zero-order valence-electron chi connectivity index (χ0n) is 9.67. The molecular formula is C11H23IN2. The Bertz CT molecular complexity index is 133. The molecule has 0 spiro atoms. The number of hydrogen-bond donors (Lipinski definition) is 0. The molecule has 0 heterocycles. The van der Waals surface area contributed by atoms with Crippen molar-refractivity contribution in [2.75, 3.05) is 21.1 Å². The maximum atomic E-state index is 2.43. The van der Waals surface area contributed by atoms with E-state index in [1.165, 1.54) is 38.5 Å². The first-order valence-electron chi connectivity index (χ1n) is 5.66. The minimum absolute atomic E-state index is 0.818. The highest BCUT2D eigenvalue weighted by Crippen LogP contribution is 2.24. The lowest BCUT2D eigenvalue weighted by atomic mass is 9.93. The Morgan fingerprint density at radius 3 is 1.64 bits per heavy atom. The van der Waals surface area contributed by atoms with E-state index in [9.17, 15) is 0 Å². The van der Waals surface area contributed by atoms with Gasteiger partial charge in [-0.2, -0.15) is 0 Å². The van der Waals surface area contributed by atoms with Gasteiger partial charge in [0.2, 0.25) is 0 Å². The van der Waals surface area contributed by atoms with Gasteiger partial charge in [-0.1, -0.05) is 12.8 Å². The van der Waals surface area contributed by atoms with Crippen LogP contribution in [0.1, 0.15) is 38.5 Å². The normalized spacial score (nSPS) is 30.4. The van der Waals surface area contributed by atoms with Gasteiger partial charge in [-0.15, -0.1) is 0 Å². The second-order valence-corrected chi connectivity index (χ2v) is 6.18. The highest BCUT2D eigenvalue weighted by Gasteiger charge is 2.19. The maximum Gasteiger partial charge on any atom is 0.0201 e. The third-order valence-electron chi connectivity index (χ3n) is 3.38. The molecular weight excluding hydrogens is 287 g/mol. The lowest BCUT2D eigenvalue weighted by molar-refractivity contribution is 0.222. The van der Waals surface area contributed by atoms with E-state index in [-0.39, 0.29) is 0 Å². The number of halogens is 1. The van der Waals surface area contributed by atoms with Crippen LogP contribution in [0, 0.1) is 0 Å². The number of hydrogen-bond acceptors (Lipinski definition) is 2. The van der Waals surface area contributed by atoms with Gasteiger partial charge in [0.1, 0.15) is 0 Å². The molecule has 0 radical (unpaired) electrons. The molecule has 0 aromatic carbocycles. The van der Waals surface area contributed by atoms with E-state index in [1.54, 1.807) is 0 Å². The SMILES string of the molecule is CN(C)C1CCCC(N(C)I)CCC1. The summed E-state index contributed by atoms with van der Waals surface area (Å²) in [5, 5.41) is 0. The van der Waals surface area contributed by atoms with Crippen LogP contribution in [0.5, 0.6) is 0 Å². The summed E-state index contributed by atoms with van der Waals surface area (Å²) in [5.41, 5.74) is 0. The summed E-state index contributed by atoms with van der Waals surface area (Å²) in [6.45, 7) is 0. The summed E-state index contributed by atoms with van der Waals surface area (Å²) >= 11 is 2.43. The second-order valence-electron chi connectivity index (χ2n) is 4.66. The van der Waals surface area contributed by atoms with E-state index < -0.39 is 0 Å². The van der Waals surface area contributed by atoms with E-state index in [4.69, 9.17) is 0 Å². The van der Waals surface area contributed by atoms with Crippen molar-refractivity contribution in [2.24, 2.45) is 0 Å². The van der Waals surface area contributed by atoms with Gasteiger partial charge in [0.15, 0.2) is 0 Å². The monoisotopic (exact) mass is 310 g/mol. The van der Waals surface area contributed by atoms with E-state index in [1.807, 2.05) is 0 Å². The third-order valence-corrected chi connectivity index (χ3v) is 4.17. The van der Waals surface area contributed by atoms with Crippen LogP contribution in [-0.2, 0) is 0 Å². The number of nitrogens with zero attached hydrogens (tertiary/aromatic N) is 2. The summed E-state index contributed by atoms with van der Waals surface area (Å²) in [4.78, 5) is 2.40. The largest absolute Gasteiger partial charge is 0.306 e. The zero-order valence-corrected chi connectivity index (χ0v) is 11.8. The van der Waals surface area contributed by atoms with Crippen LogP contribution in [0.3, 0.4) is 0 Å². The van der Waals surface area contributed by atoms with Gasteiger partial charge in [0.05, 0.1) is 0 Å². The summed E-state index contributed by atoms with van der Waals surface area (Å²) in [7, 11) is 6.64. The third kappa shape index (κ3) is 4.03. The van der Waals surface area contributed by atoms with Gasteiger partial charge in [0.25, 0.3) is 0 Å². The van der Waals surface area contributed by atoms with Crippen LogP contribution in [0.25, 0.3) is 0 Å². The first kappa shape index (κ1) is 12.7. The molecule has 0 aliphatic heterocycles. The molecule has 1 aliphatic carbocycles. The molecule has 1 rings (SSSR count). The number of rotatable bonds is 2. The molecule has 3 heteroatoms. The summed E-state index contributed by atoms with van der Waals surface area (Å²) < 4.78 is 2.37. The van der Waals surface area contributed by atoms with Crippen molar-refractivity contribution in [2.45, 2.75) is 50.6 Å². The topological polar surface area (TPSA) is 6.48 Å². The fourth-order valence-electron chi connectivity index (χ4n) is 2.34. The van der Waals surface area contributed by atoms with Crippen LogP contribution >= 0.6 is 22.9 Å². The van der Waals surface area contributed by atoms with Crippen LogP contribution in [0.4, 0.5) is 0 Å². The maximum absolute atomic E-state index is 2.43. The van der Waals surface area contributed by atoms with Crippen molar-refractivity contribution in [1.82, 2.24) is 8.01 Å². The van der Waals surface area contributed by atoms with Crippen molar-refractivity contribution in [1.29, 1.82) is 0 Å². The van der Waals surface area contributed by atoms with Crippen LogP contribution in [0.2, 0.25) is 0 Å². The molecule has 0 saturated heterocycles. The molecule has 2 nitrogen and oxygen atoms in total. The lowest BCUT2D eigenvalue weighted by Crippen LogP contribution is -2.32. The Labute approximate surface area is 103 Å². The first-order valence-corrected chi connectivity index (χ1v) is 6.62. The van der Waals surface area contributed by atoms with Crippen LogP contribution in [0.15, 0.2) is 0 Å². The van der Waals surface area contributed by atoms with Crippen LogP contribution in [-0.4, -0.2) is 41.2 Å². The van der Waals surface area contributed by atoms with Crippen LogP contribution < -0.4 is 0 Å². The van der Waals surface area contributed by atoms with Gasteiger partial charge >= 0.3 is 0 Å². The lowest BCUT2D eigenvalue weighted by Gasteiger charge is -2.30. The van der Waals surface area contributed by atoms with Crippen molar-refractivity contribution in [3.05, 3.63) is 0 Å². The Kier molecular flexibility index (Phi) is 5.71. The van der Waals surface area contributed by atoms with Crippen molar-refractivity contribution < 1.29 is 0 Å². The highest BCUT2D eigenvalue weighted by molar-refractivity contribution is 14.1. The molecule has 0 N–H and O–H groups in total. The van der Waals surface area contributed by atoms with Crippen molar-refractivity contribution >= 4 is 22.9 Å². The Morgan fingerprint density at radius 2 is 1.29 bits per heavy atom. The van der Waals surface area contributed by atoms with Crippen molar-refractivity contribution in [3.8, 4) is 0 Å². The predicted octanol–water partition coefficient (Wildman–Crippen LogP) is 2.92. The van der Waals surface area contributed by atoms with Gasteiger partial charge in [-0.05, 0) is 46.8 Å². The molecule has 0 aromatic heterocycles. The van der Waals surface area contributed by atoms with Gasteiger partial charge in [-0.25, -0.2) is 3.11 Å². The fourth-order valence-corrected chi connectivity index (χ4v) is 2.90. The Hall–Kier alpha value is 0.650. The average Bonchev–Trinajstić information content (AvgIpc) is 2.01. The van der Waals surface area contributed by atoms with E-state index in [2.05, 4.69) is 52.0 Å². The Morgan fingerprint density at radius 1 is 0.857 bits per heavy atom. The molecule has 1 fully saturated rings. The molecule has 1 aliphatic rings. The predicted molar refractivity (Wildman–Crippen MR) is 70.7 cm³/mol. The molecule has 0 aromatic rings. The van der Waals surface area contributed by atoms with Gasteiger partial charge < -0.3 is 4.90 Å². The minimum Gasteiger partial charge on any atom is -0.306 e. The fraction of sp³-hybridized carbons (Fsp3) is 1.00. The zero-order chi connectivity index (χ0) is 10.6. The summed E-state index contributed by atoms with van der Waals surface area (Å²) in [6.07, 6.45) is 8.30. The summed E-state index contributed by atoms with van der Waals surface area (Å²) in [5.74, 6) is 0. The highest BCUT2D eigenvalue weighted by atomic mass is 127.